The first-order valence-corrected chi connectivity index (χ1v) is 13.6. The number of amides is 1. The van der Waals surface area contributed by atoms with E-state index >= 15 is 0 Å². The molecule has 1 N–H and O–H groups in total. The monoisotopic (exact) mass is 632 g/mol. The lowest BCUT2D eigenvalue weighted by molar-refractivity contribution is -0.143. The average molecular weight is 633 g/mol. The maximum atomic E-state index is 13.8. The topological polar surface area (TPSA) is 67.3 Å². The van der Waals surface area contributed by atoms with Crippen LogP contribution in [-0.2, 0) is 21.9 Å². The molecule has 1 aliphatic rings. The minimum Gasteiger partial charge on any atom is -0.368 e. The zero-order chi connectivity index (χ0) is 31.7. The molecule has 0 aliphatic carbocycles. The fraction of sp³-hybridized carbons (Fsp3) is 0.414. The van der Waals surface area contributed by atoms with Crippen LogP contribution in [0.3, 0.4) is 0 Å². The van der Waals surface area contributed by atoms with Crippen LogP contribution < -0.4 is 5.32 Å². The molecule has 0 spiro atoms. The molecule has 1 unspecified atom stereocenters. The second-order valence-electron chi connectivity index (χ2n) is 10.5. The maximum Gasteiger partial charge on any atom is 0.416 e. The number of halogens is 8. The van der Waals surface area contributed by atoms with Crippen molar-refractivity contribution in [2.24, 2.45) is 0 Å². The molecule has 0 radical (unpaired) electrons. The summed E-state index contributed by atoms with van der Waals surface area (Å²) in [4.78, 5) is 22.3. The van der Waals surface area contributed by atoms with Crippen LogP contribution in [-0.4, -0.2) is 45.5 Å². The Morgan fingerprint density at radius 1 is 1.05 bits per heavy atom. The molecule has 2 aromatic carbocycles. The molecule has 3 aromatic rings. The quantitative estimate of drug-likeness (QED) is 0.204. The third-order valence-electron chi connectivity index (χ3n) is 7.33. The first kappa shape index (κ1) is 32.5. The van der Waals surface area contributed by atoms with Crippen LogP contribution in [0.15, 0.2) is 54.7 Å². The molecular formula is C29H28ClF7N4O2. The van der Waals surface area contributed by atoms with E-state index < -0.39 is 53.5 Å². The van der Waals surface area contributed by atoms with Gasteiger partial charge in [-0.3, -0.25) is 4.79 Å². The van der Waals surface area contributed by atoms with Gasteiger partial charge in [-0.05, 0) is 79.4 Å². The van der Waals surface area contributed by atoms with E-state index in [2.05, 4.69) is 15.3 Å². The number of hydrogen-bond acceptors (Lipinski definition) is 5. The zero-order valence-electron chi connectivity index (χ0n) is 23.2. The molecular weight excluding hydrogens is 605 g/mol. The first-order valence-electron chi connectivity index (χ1n) is 13.3. The van der Waals surface area contributed by atoms with Crippen molar-refractivity contribution in [1.29, 1.82) is 0 Å². The number of carbonyl (C=O) groups excluding carboxylic acids is 1. The number of rotatable bonds is 8. The minimum atomic E-state index is -5.02. The van der Waals surface area contributed by atoms with Gasteiger partial charge in [0.2, 0.25) is 11.2 Å². The Kier molecular flexibility index (Phi) is 9.55. The highest BCUT2D eigenvalue weighted by Crippen LogP contribution is 2.42. The minimum absolute atomic E-state index is 0.00350. The van der Waals surface area contributed by atoms with Crippen molar-refractivity contribution in [3.05, 3.63) is 88.1 Å². The van der Waals surface area contributed by atoms with E-state index in [9.17, 15) is 35.5 Å². The first-order chi connectivity index (χ1) is 20.0. The molecule has 1 amide bonds. The summed E-state index contributed by atoms with van der Waals surface area (Å²) in [5, 5.41) is 3.21. The number of anilines is 1. The van der Waals surface area contributed by atoms with Gasteiger partial charge in [-0.2, -0.15) is 26.3 Å². The van der Waals surface area contributed by atoms with Crippen molar-refractivity contribution in [1.82, 2.24) is 14.9 Å². The summed E-state index contributed by atoms with van der Waals surface area (Å²) < 4.78 is 101. The van der Waals surface area contributed by atoms with Crippen LogP contribution in [0.4, 0.5) is 36.6 Å². The van der Waals surface area contributed by atoms with Gasteiger partial charge in [-0.1, -0.05) is 12.1 Å². The van der Waals surface area contributed by atoms with Gasteiger partial charge in [0.25, 0.3) is 0 Å². The molecule has 232 valence electrons. The number of ether oxygens (including phenoxy) is 1. The Hall–Kier alpha value is -3.45. The fourth-order valence-electron chi connectivity index (χ4n) is 5.41. The highest BCUT2D eigenvalue weighted by atomic mass is 35.5. The van der Waals surface area contributed by atoms with Crippen molar-refractivity contribution in [2.75, 3.05) is 11.9 Å². The van der Waals surface area contributed by atoms with Gasteiger partial charge < -0.3 is 15.0 Å². The Labute approximate surface area is 248 Å². The third-order valence-corrected chi connectivity index (χ3v) is 7.51. The van der Waals surface area contributed by atoms with Crippen molar-refractivity contribution in [3.8, 4) is 0 Å². The van der Waals surface area contributed by atoms with Crippen LogP contribution in [0.5, 0.6) is 0 Å². The van der Waals surface area contributed by atoms with E-state index in [1.54, 1.807) is 11.0 Å². The molecule has 1 saturated heterocycles. The summed E-state index contributed by atoms with van der Waals surface area (Å²) in [5.41, 5.74) is -2.65. The molecule has 1 fully saturated rings. The standard InChI is InChI=1S/C29H28ClF7N4O2/c1-15(39-25-8-9-38-27(30)40-25)10-23-26(18-4-6-22(31)7-5-18)24(14-41(23)17(3)42)43-16(2)19-11-20(28(32,33)34)13-21(12-19)29(35,36)37/h4-9,11-13,15-16,23-24,26H,10,14H2,1-3H3,(H,38,39,40)/t15?,16-,23+,24+,26+/m1/s1. The molecule has 5 atom stereocenters. The lowest BCUT2D eigenvalue weighted by Gasteiger charge is -2.31. The lowest BCUT2D eigenvalue weighted by Crippen LogP contribution is -2.39. The number of carbonyl (C=O) groups is 1. The number of benzene rings is 2. The van der Waals surface area contributed by atoms with Gasteiger partial charge in [0.15, 0.2) is 0 Å². The second-order valence-corrected chi connectivity index (χ2v) is 10.8. The summed E-state index contributed by atoms with van der Waals surface area (Å²) in [7, 11) is 0. The molecule has 0 saturated carbocycles. The number of alkyl halides is 6. The third kappa shape index (κ3) is 7.94. The zero-order valence-corrected chi connectivity index (χ0v) is 23.9. The average Bonchev–Trinajstić information content (AvgIpc) is 3.25. The fourth-order valence-corrected chi connectivity index (χ4v) is 5.56. The van der Waals surface area contributed by atoms with E-state index in [1.165, 1.54) is 44.3 Å². The normalized spacial score (nSPS) is 20.6. The summed E-state index contributed by atoms with van der Waals surface area (Å²) in [6, 6.07) is 7.59. The Morgan fingerprint density at radius 2 is 1.65 bits per heavy atom. The Bertz CT molecular complexity index is 1400. The van der Waals surface area contributed by atoms with Crippen LogP contribution in [0.2, 0.25) is 5.28 Å². The van der Waals surface area contributed by atoms with Gasteiger partial charge in [0.05, 0.1) is 23.3 Å². The number of likely N-dealkylation sites (tertiary alicyclic amines) is 1. The Morgan fingerprint density at radius 3 is 2.19 bits per heavy atom. The van der Waals surface area contributed by atoms with Gasteiger partial charge in [-0.15, -0.1) is 0 Å². The summed E-state index contributed by atoms with van der Waals surface area (Å²) in [6.45, 7) is 4.55. The number of nitrogens with one attached hydrogen (secondary N) is 1. The van der Waals surface area contributed by atoms with Crippen LogP contribution in [0.1, 0.15) is 61.5 Å². The largest absolute Gasteiger partial charge is 0.416 e. The van der Waals surface area contributed by atoms with Crippen LogP contribution >= 0.6 is 11.6 Å². The van der Waals surface area contributed by atoms with Gasteiger partial charge >= 0.3 is 12.4 Å². The second kappa shape index (κ2) is 12.7. The summed E-state index contributed by atoms with van der Waals surface area (Å²) in [6.07, 6.45) is -10.3. The molecule has 6 nitrogen and oxygen atoms in total. The summed E-state index contributed by atoms with van der Waals surface area (Å²) in [5.74, 6) is -0.985. The van der Waals surface area contributed by atoms with Crippen molar-refractivity contribution >= 4 is 23.3 Å². The van der Waals surface area contributed by atoms with Crippen molar-refractivity contribution in [2.45, 2.75) is 69.8 Å². The van der Waals surface area contributed by atoms with E-state index in [0.717, 1.165) is 0 Å². The smallest absolute Gasteiger partial charge is 0.368 e. The SMILES string of the molecule is CC(=O)N1C[C@H](O[C@H](C)c2cc(C(F)(F)F)cc(C(F)(F)F)c2)[C@@H](c2ccc(F)cc2)[C@@H]1CC(C)Nc1ccnc(Cl)n1. The van der Waals surface area contributed by atoms with E-state index in [-0.39, 0.29) is 35.4 Å². The number of hydrogen-bond donors (Lipinski definition) is 1. The lowest BCUT2D eigenvalue weighted by atomic mass is 9.86. The predicted molar refractivity (Wildman–Crippen MR) is 145 cm³/mol. The van der Waals surface area contributed by atoms with Crippen LogP contribution in [0, 0.1) is 5.82 Å². The molecule has 14 heteroatoms. The predicted octanol–water partition coefficient (Wildman–Crippen LogP) is 7.66. The number of nitrogens with zero attached hydrogens (tertiary/aromatic N) is 3. The Balaban J connectivity index is 1.68. The molecule has 43 heavy (non-hydrogen) atoms. The van der Waals surface area contributed by atoms with Crippen molar-refractivity contribution < 1.29 is 40.3 Å². The van der Waals surface area contributed by atoms with E-state index in [1.807, 2.05) is 6.92 Å². The van der Waals surface area contributed by atoms with Gasteiger partial charge in [0, 0.05) is 37.7 Å². The molecule has 0 bridgehead atoms. The van der Waals surface area contributed by atoms with E-state index in [0.29, 0.717) is 29.9 Å². The maximum absolute atomic E-state index is 13.8. The van der Waals surface area contributed by atoms with E-state index in [4.69, 9.17) is 16.3 Å². The van der Waals surface area contributed by atoms with Crippen LogP contribution in [0.25, 0.3) is 0 Å². The van der Waals surface area contributed by atoms with Gasteiger partial charge in [-0.25, -0.2) is 14.4 Å². The van der Waals surface area contributed by atoms with Gasteiger partial charge in [0.1, 0.15) is 11.6 Å². The molecule has 1 aromatic heterocycles. The summed E-state index contributed by atoms with van der Waals surface area (Å²) >= 11 is 5.88. The highest BCUT2D eigenvalue weighted by molar-refractivity contribution is 6.28. The molecule has 2 heterocycles. The highest BCUT2D eigenvalue weighted by Gasteiger charge is 2.46. The molecule has 4 rings (SSSR count). The number of aromatic nitrogens is 2. The van der Waals surface area contributed by atoms with Crippen molar-refractivity contribution in [3.63, 3.8) is 0 Å². The molecule has 1 aliphatic heterocycles.